The predicted molar refractivity (Wildman–Crippen MR) is 442 cm³/mol. The lowest BCUT2D eigenvalue weighted by Crippen LogP contribution is -2.30. The minimum atomic E-state index is -4.97. The summed E-state index contributed by atoms with van der Waals surface area (Å²) in [5.41, 5.74) is 0. The highest BCUT2D eigenvalue weighted by Crippen LogP contribution is 2.45. The molecule has 0 fully saturated rings. The zero-order valence-electron chi connectivity index (χ0n) is 70.3. The van der Waals surface area contributed by atoms with Crippen molar-refractivity contribution >= 4 is 39.5 Å². The van der Waals surface area contributed by atoms with Gasteiger partial charge in [-0.05, 0) is 31.6 Å². The van der Waals surface area contributed by atoms with Crippen molar-refractivity contribution < 1.29 is 80.2 Å². The third-order valence-corrected chi connectivity index (χ3v) is 22.7. The van der Waals surface area contributed by atoms with Gasteiger partial charge in [0, 0.05) is 25.7 Å². The number of rotatable bonds is 88. The van der Waals surface area contributed by atoms with Gasteiger partial charge in [-0.3, -0.25) is 37.3 Å². The van der Waals surface area contributed by atoms with Crippen molar-refractivity contribution in [1.29, 1.82) is 0 Å². The number of carbonyl (C=O) groups is 4. The van der Waals surface area contributed by atoms with E-state index < -0.39 is 97.5 Å². The zero-order chi connectivity index (χ0) is 78.3. The van der Waals surface area contributed by atoms with Gasteiger partial charge in [-0.2, -0.15) is 0 Å². The number of ether oxygens (including phenoxy) is 4. The third-order valence-electron chi connectivity index (χ3n) is 20.8. The van der Waals surface area contributed by atoms with Crippen LogP contribution >= 0.6 is 15.6 Å². The molecule has 0 spiro atoms. The molecule has 19 heteroatoms. The average molecular weight is 1560 g/mol. The quantitative estimate of drug-likeness (QED) is 0.0222. The Bertz CT molecular complexity index is 2030. The largest absolute Gasteiger partial charge is 0.472 e. The maximum absolute atomic E-state index is 13.2. The second-order valence-corrected chi connectivity index (χ2v) is 35.0. The summed E-state index contributed by atoms with van der Waals surface area (Å²) in [6.45, 7) is 7.32. The molecule has 0 aliphatic carbocycles. The van der Waals surface area contributed by atoms with E-state index in [1.807, 2.05) is 0 Å². The van der Waals surface area contributed by atoms with Crippen LogP contribution in [0.2, 0.25) is 0 Å². The number of unbranched alkanes of at least 4 members (excludes halogenated alkanes) is 60. The summed E-state index contributed by atoms with van der Waals surface area (Å²) in [6, 6.07) is 0. The molecule has 2 unspecified atom stereocenters. The lowest BCUT2D eigenvalue weighted by molar-refractivity contribution is -0.161. The third kappa shape index (κ3) is 81.9. The van der Waals surface area contributed by atoms with E-state index in [9.17, 15) is 43.2 Å². The maximum Gasteiger partial charge on any atom is 0.472 e. The Morgan fingerprint density at radius 1 is 0.252 bits per heavy atom. The summed E-state index contributed by atoms with van der Waals surface area (Å²) in [6.07, 6.45) is 75.3. The maximum atomic E-state index is 13.2. The summed E-state index contributed by atoms with van der Waals surface area (Å²) < 4.78 is 68.9. The number of phosphoric acid groups is 2. The van der Waals surface area contributed by atoms with Gasteiger partial charge >= 0.3 is 39.5 Å². The first-order valence-electron chi connectivity index (χ1n) is 45.6. The van der Waals surface area contributed by atoms with Crippen molar-refractivity contribution in [2.75, 3.05) is 39.6 Å². The first kappa shape index (κ1) is 105. The molecular formula is C88H172O17P2. The summed E-state index contributed by atoms with van der Waals surface area (Å²) in [5.74, 6) is -1.37. The van der Waals surface area contributed by atoms with E-state index in [2.05, 4.69) is 34.6 Å². The Kier molecular flexibility index (Phi) is 79.2. The van der Waals surface area contributed by atoms with Crippen LogP contribution in [0.3, 0.4) is 0 Å². The van der Waals surface area contributed by atoms with Gasteiger partial charge in [-0.15, -0.1) is 0 Å². The number of aliphatic hydroxyl groups excluding tert-OH is 1. The molecule has 0 aromatic carbocycles. The van der Waals surface area contributed by atoms with E-state index in [4.69, 9.17) is 37.0 Å². The van der Waals surface area contributed by atoms with Crippen molar-refractivity contribution in [3.63, 3.8) is 0 Å². The average Bonchev–Trinajstić information content (AvgIpc) is 0.907. The number of esters is 4. The Balaban J connectivity index is 5.19. The number of hydrogen-bond acceptors (Lipinski definition) is 15. The van der Waals surface area contributed by atoms with Gasteiger partial charge in [-0.1, -0.05) is 426 Å². The summed E-state index contributed by atoms with van der Waals surface area (Å²) in [4.78, 5) is 73.2. The monoisotopic (exact) mass is 1560 g/mol. The fourth-order valence-corrected chi connectivity index (χ4v) is 15.4. The van der Waals surface area contributed by atoms with E-state index >= 15 is 0 Å². The van der Waals surface area contributed by atoms with Gasteiger partial charge in [-0.25, -0.2) is 9.13 Å². The molecule has 0 amide bonds. The fourth-order valence-electron chi connectivity index (χ4n) is 13.8. The number of carbonyl (C=O) groups excluding carboxylic acids is 4. The van der Waals surface area contributed by atoms with Crippen LogP contribution in [0, 0.1) is 5.92 Å². The molecule has 0 aliphatic rings. The minimum absolute atomic E-state index is 0.107. The fraction of sp³-hybridized carbons (Fsp3) is 0.955. The van der Waals surface area contributed by atoms with Gasteiger partial charge in [0.2, 0.25) is 0 Å². The Labute approximate surface area is 658 Å². The van der Waals surface area contributed by atoms with Gasteiger partial charge in [0.25, 0.3) is 0 Å². The van der Waals surface area contributed by atoms with Crippen molar-refractivity contribution in [3.05, 3.63) is 0 Å². The minimum Gasteiger partial charge on any atom is -0.462 e. The standard InChI is InChI=1S/C88H172O17P2/c1-6-9-12-15-18-21-24-27-29-31-33-35-37-39-41-43-45-48-50-56-61-66-71-85(90)98-77-83(104-88(93)74-69-64-59-52-49-46-44-42-40-38-36-34-32-30-28-25-22-19-16-13-10-7-2)79-102-106(94,95)100-75-82(89)76-101-107(96,97)103-80-84(78-99-86(91)72-67-62-57-54-53-55-60-65-70-81(4)5)105-87(92)73-68-63-58-51-47-26-23-20-17-14-11-8-3/h81-84,89H,6-80H2,1-5H3,(H,94,95)(H,96,97)/t82-,83-,84-/m1/s1. The molecule has 0 saturated heterocycles. The second-order valence-electron chi connectivity index (χ2n) is 32.1. The molecule has 0 bridgehead atoms. The zero-order valence-corrected chi connectivity index (χ0v) is 72.1. The molecule has 3 N–H and O–H groups in total. The predicted octanol–water partition coefficient (Wildman–Crippen LogP) is 27.2. The Hall–Kier alpha value is -1.94. The van der Waals surface area contributed by atoms with Crippen LogP contribution < -0.4 is 0 Å². The molecule has 0 rings (SSSR count). The summed E-state index contributed by atoms with van der Waals surface area (Å²) in [7, 11) is -9.93. The van der Waals surface area contributed by atoms with Crippen LogP contribution in [0.5, 0.6) is 0 Å². The second kappa shape index (κ2) is 80.7. The molecule has 0 heterocycles. The van der Waals surface area contributed by atoms with E-state index in [1.165, 1.54) is 302 Å². The van der Waals surface area contributed by atoms with Gasteiger partial charge < -0.3 is 33.8 Å². The van der Waals surface area contributed by atoms with Crippen molar-refractivity contribution in [3.8, 4) is 0 Å². The van der Waals surface area contributed by atoms with Gasteiger partial charge in [0.15, 0.2) is 12.2 Å². The molecule has 636 valence electrons. The van der Waals surface area contributed by atoms with Crippen LogP contribution in [0.1, 0.15) is 478 Å². The molecule has 0 radical (unpaired) electrons. The van der Waals surface area contributed by atoms with Gasteiger partial charge in [0.05, 0.1) is 26.4 Å². The number of phosphoric ester groups is 2. The summed E-state index contributed by atoms with van der Waals surface area (Å²) >= 11 is 0. The molecule has 0 saturated carbocycles. The van der Waals surface area contributed by atoms with Crippen LogP contribution in [-0.2, 0) is 65.4 Å². The molecular weight excluding hydrogens is 1390 g/mol. The van der Waals surface area contributed by atoms with Gasteiger partial charge in [0.1, 0.15) is 19.3 Å². The Morgan fingerprint density at radius 2 is 0.430 bits per heavy atom. The molecule has 0 aromatic heterocycles. The van der Waals surface area contributed by atoms with Crippen LogP contribution in [0.25, 0.3) is 0 Å². The van der Waals surface area contributed by atoms with E-state index in [0.29, 0.717) is 25.7 Å². The highest BCUT2D eigenvalue weighted by atomic mass is 31.2. The molecule has 0 aliphatic heterocycles. The molecule has 107 heavy (non-hydrogen) atoms. The normalized spacial score (nSPS) is 13.7. The van der Waals surface area contributed by atoms with Crippen LogP contribution in [0.15, 0.2) is 0 Å². The lowest BCUT2D eigenvalue weighted by Gasteiger charge is -2.21. The van der Waals surface area contributed by atoms with E-state index in [-0.39, 0.29) is 25.7 Å². The number of hydrogen-bond donors (Lipinski definition) is 3. The first-order chi connectivity index (χ1) is 52.0. The molecule has 5 atom stereocenters. The summed E-state index contributed by atoms with van der Waals surface area (Å²) in [5, 5.41) is 10.7. The van der Waals surface area contributed by atoms with Crippen molar-refractivity contribution in [1.82, 2.24) is 0 Å². The highest BCUT2D eigenvalue weighted by molar-refractivity contribution is 7.47. The van der Waals surface area contributed by atoms with Crippen molar-refractivity contribution in [2.45, 2.75) is 496 Å². The van der Waals surface area contributed by atoms with Crippen LogP contribution in [-0.4, -0.2) is 96.7 Å². The van der Waals surface area contributed by atoms with E-state index in [0.717, 1.165) is 95.8 Å². The highest BCUT2D eigenvalue weighted by Gasteiger charge is 2.30. The molecule has 0 aromatic rings. The van der Waals surface area contributed by atoms with Crippen molar-refractivity contribution in [2.24, 2.45) is 5.92 Å². The molecule has 17 nitrogen and oxygen atoms in total. The van der Waals surface area contributed by atoms with E-state index in [1.54, 1.807) is 0 Å². The Morgan fingerprint density at radius 3 is 0.636 bits per heavy atom. The SMILES string of the molecule is CCCCCCCCCCCCCCCCCCCCCCCCC(=O)OC[C@H](COP(=O)(O)OC[C@@H](O)COP(=O)(O)OC[C@@H](COC(=O)CCCCCCCCCCC(C)C)OC(=O)CCCCCCCCCCCCCC)OC(=O)CCCCCCCCCCCCCCCCCCCCCCCC. The number of aliphatic hydroxyl groups is 1. The smallest absolute Gasteiger partial charge is 0.462 e. The topological polar surface area (TPSA) is 237 Å². The van der Waals surface area contributed by atoms with Crippen LogP contribution in [0.4, 0.5) is 0 Å². The first-order valence-corrected chi connectivity index (χ1v) is 48.6. The lowest BCUT2D eigenvalue weighted by atomic mass is 10.0.